The van der Waals surface area contributed by atoms with Gasteiger partial charge in [-0.2, -0.15) is 18.3 Å². The number of halogens is 5. The van der Waals surface area contributed by atoms with Crippen LogP contribution in [0.4, 0.5) is 13.2 Å². The molecule has 3 aromatic rings. The molecule has 0 radical (unpaired) electrons. The molecule has 1 fully saturated rings. The summed E-state index contributed by atoms with van der Waals surface area (Å²) in [5.41, 5.74) is 2.24. The summed E-state index contributed by atoms with van der Waals surface area (Å²) in [6.07, 6.45) is 0.975. The van der Waals surface area contributed by atoms with Gasteiger partial charge < -0.3 is 4.74 Å². The molecule has 0 spiro atoms. The first-order chi connectivity index (χ1) is 12.3. The van der Waals surface area contributed by atoms with Gasteiger partial charge in [-0.05, 0) is 18.4 Å². The summed E-state index contributed by atoms with van der Waals surface area (Å²) in [7, 11) is 0. The van der Waals surface area contributed by atoms with Crippen LogP contribution >= 0.6 is 23.2 Å². The lowest BCUT2D eigenvalue weighted by molar-refractivity contribution is -0.153. The van der Waals surface area contributed by atoms with E-state index in [4.69, 9.17) is 27.9 Å². The normalized spacial score (nSPS) is 19.7. The molecule has 2 atom stereocenters. The zero-order valence-electron chi connectivity index (χ0n) is 13.0. The van der Waals surface area contributed by atoms with E-state index in [-0.39, 0.29) is 22.6 Å². The minimum Gasteiger partial charge on any atom is -0.482 e. The van der Waals surface area contributed by atoms with Crippen molar-refractivity contribution in [1.82, 2.24) is 19.6 Å². The van der Waals surface area contributed by atoms with Gasteiger partial charge in [-0.25, -0.2) is 9.50 Å². The fraction of sp³-hybridized carbons (Fsp3) is 0.312. The molecule has 1 aliphatic carbocycles. The van der Waals surface area contributed by atoms with Gasteiger partial charge in [0.1, 0.15) is 15.9 Å². The third-order valence-corrected chi connectivity index (χ3v) is 4.63. The highest BCUT2D eigenvalue weighted by Gasteiger charge is 2.42. The average Bonchev–Trinajstić information content (AvgIpc) is 3.22. The van der Waals surface area contributed by atoms with Gasteiger partial charge in [-0.3, -0.25) is 4.98 Å². The minimum atomic E-state index is -4.44. The Bertz CT molecular complexity index is 976. The van der Waals surface area contributed by atoms with Crippen LogP contribution in [0.15, 0.2) is 30.7 Å². The maximum Gasteiger partial charge on any atom is 0.422 e. The molecule has 3 heterocycles. The van der Waals surface area contributed by atoms with Crippen LogP contribution in [0.3, 0.4) is 0 Å². The fourth-order valence-electron chi connectivity index (χ4n) is 2.96. The Morgan fingerprint density at radius 1 is 1.19 bits per heavy atom. The van der Waals surface area contributed by atoms with Gasteiger partial charge in [0, 0.05) is 41.8 Å². The highest BCUT2D eigenvalue weighted by atomic mass is 35.5. The third kappa shape index (κ3) is 3.43. The van der Waals surface area contributed by atoms with Gasteiger partial charge in [0.25, 0.3) is 0 Å². The lowest BCUT2D eigenvalue weighted by Gasteiger charge is -2.11. The van der Waals surface area contributed by atoms with Crippen molar-refractivity contribution in [2.24, 2.45) is 0 Å². The van der Waals surface area contributed by atoms with E-state index in [2.05, 4.69) is 15.1 Å². The minimum absolute atomic E-state index is 0.0273. The molecular formula is C16H11Cl2F3N4O. The fourth-order valence-corrected chi connectivity index (χ4v) is 3.31. The van der Waals surface area contributed by atoms with E-state index < -0.39 is 12.8 Å². The monoisotopic (exact) mass is 402 g/mol. The van der Waals surface area contributed by atoms with Crippen molar-refractivity contribution >= 4 is 28.8 Å². The molecule has 0 bridgehead atoms. The summed E-state index contributed by atoms with van der Waals surface area (Å²) >= 11 is 12.0. The topological polar surface area (TPSA) is 52.3 Å². The van der Waals surface area contributed by atoms with Crippen molar-refractivity contribution in [2.45, 2.75) is 24.4 Å². The number of hydrogen-bond donors (Lipinski definition) is 0. The standard InChI is InChI=1S/C16H11Cl2F3N4O/c17-11-6-23-12(5-13(11)26-7-16(19,20)21)9-3-8(9)10-4-14(18)24-25-2-1-22-15(10)25/h1-2,4-6,8-9H,3,7H2/t8-,9-/m0/s1. The lowest BCUT2D eigenvalue weighted by Crippen LogP contribution is -2.19. The first-order valence-electron chi connectivity index (χ1n) is 7.66. The number of ether oxygens (including phenoxy) is 1. The molecule has 0 aromatic carbocycles. The molecule has 4 rings (SSSR count). The second kappa shape index (κ2) is 6.28. The second-order valence-corrected chi connectivity index (χ2v) is 6.80. The Morgan fingerprint density at radius 2 is 2.00 bits per heavy atom. The first-order valence-corrected chi connectivity index (χ1v) is 8.42. The van der Waals surface area contributed by atoms with Crippen LogP contribution in [0.1, 0.15) is 29.5 Å². The Balaban J connectivity index is 1.59. The zero-order valence-corrected chi connectivity index (χ0v) is 14.6. The number of hydrogen-bond acceptors (Lipinski definition) is 4. The van der Waals surface area contributed by atoms with E-state index in [0.717, 1.165) is 12.0 Å². The van der Waals surface area contributed by atoms with Gasteiger partial charge in [0.2, 0.25) is 0 Å². The van der Waals surface area contributed by atoms with Crippen molar-refractivity contribution in [3.05, 3.63) is 52.2 Å². The number of rotatable bonds is 4. The van der Waals surface area contributed by atoms with E-state index >= 15 is 0 Å². The molecular weight excluding hydrogens is 392 g/mol. The molecule has 0 N–H and O–H groups in total. The molecule has 1 saturated carbocycles. The number of alkyl halides is 3. The van der Waals surface area contributed by atoms with E-state index in [1.807, 2.05) is 0 Å². The van der Waals surface area contributed by atoms with Crippen LogP contribution in [-0.2, 0) is 0 Å². The summed E-state index contributed by atoms with van der Waals surface area (Å²) < 4.78 is 43.5. The predicted octanol–water partition coefficient (Wildman–Crippen LogP) is 4.64. The van der Waals surface area contributed by atoms with Crippen LogP contribution in [-0.4, -0.2) is 32.4 Å². The van der Waals surface area contributed by atoms with E-state index in [1.165, 1.54) is 12.3 Å². The molecule has 0 saturated heterocycles. The van der Waals surface area contributed by atoms with Gasteiger partial charge in [0.15, 0.2) is 12.3 Å². The molecule has 3 aromatic heterocycles. The van der Waals surface area contributed by atoms with Crippen LogP contribution in [0.25, 0.3) is 5.65 Å². The molecule has 10 heteroatoms. The van der Waals surface area contributed by atoms with Crippen molar-refractivity contribution < 1.29 is 17.9 Å². The number of fused-ring (bicyclic) bond motifs is 1. The van der Waals surface area contributed by atoms with E-state index in [1.54, 1.807) is 23.0 Å². The summed E-state index contributed by atoms with van der Waals surface area (Å²) in [5, 5.41) is 4.52. The molecule has 26 heavy (non-hydrogen) atoms. The SMILES string of the molecule is FC(F)(F)COc1cc([C@H]2C[C@@H]2c2cc(Cl)nn3ccnc23)ncc1Cl. The molecule has 0 unspecified atom stereocenters. The zero-order chi connectivity index (χ0) is 18.5. The molecule has 5 nitrogen and oxygen atoms in total. The van der Waals surface area contributed by atoms with Crippen LogP contribution < -0.4 is 4.74 Å². The molecule has 0 amide bonds. The second-order valence-electron chi connectivity index (χ2n) is 6.01. The van der Waals surface area contributed by atoms with Gasteiger partial charge in [-0.1, -0.05) is 23.2 Å². The van der Waals surface area contributed by atoms with Crippen molar-refractivity contribution in [3.8, 4) is 5.75 Å². The number of nitrogens with zero attached hydrogens (tertiary/aromatic N) is 4. The molecule has 0 aliphatic heterocycles. The Morgan fingerprint density at radius 3 is 2.77 bits per heavy atom. The third-order valence-electron chi connectivity index (χ3n) is 4.16. The van der Waals surface area contributed by atoms with Gasteiger partial charge in [0.05, 0.1) is 0 Å². The average molecular weight is 403 g/mol. The lowest BCUT2D eigenvalue weighted by atomic mass is 10.1. The van der Waals surface area contributed by atoms with Crippen LogP contribution in [0, 0.1) is 0 Å². The highest BCUT2D eigenvalue weighted by molar-refractivity contribution is 6.31. The van der Waals surface area contributed by atoms with E-state index in [9.17, 15) is 13.2 Å². The van der Waals surface area contributed by atoms with E-state index in [0.29, 0.717) is 16.5 Å². The summed E-state index contributed by atoms with van der Waals surface area (Å²) in [6, 6.07) is 3.22. The molecule has 136 valence electrons. The highest BCUT2D eigenvalue weighted by Crippen LogP contribution is 2.55. The van der Waals surface area contributed by atoms with Gasteiger partial charge >= 0.3 is 6.18 Å². The van der Waals surface area contributed by atoms with Crippen molar-refractivity contribution in [3.63, 3.8) is 0 Å². The Kier molecular flexibility index (Phi) is 4.19. The van der Waals surface area contributed by atoms with Gasteiger partial charge in [-0.15, -0.1) is 0 Å². The number of pyridine rings is 1. The largest absolute Gasteiger partial charge is 0.482 e. The molecule has 1 aliphatic rings. The predicted molar refractivity (Wildman–Crippen MR) is 88.9 cm³/mol. The first kappa shape index (κ1) is 17.4. The van der Waals surface area contributed by atoms with Crippen molar-refractivity contribution in [2.75, 3.05) is 6.61 Å². The number of imidazole rings is 1. The Labute approximate surface area is 155 Å². The van der Waals surface area contributed by atoms with Crippen LogP contribution in [0.2, 0.25) is 10.2 Å². The summed E-state index contributed by atoms with van der Waals surface area (Å²) in [4.78, 5) is 8.53. The maximum atomic E-state index is 12.4. The summed E-state index contributed by atoms with van der Waals surface area (Å²) in [5.74, 6) is 0.0994. The summed E-state index contributed by atoms with van der Waals surface area (Å²) in [6.45, 7) is -1.40. The smallest absolute Gasteiger partial charge is 0.422 e. The number of aromatic nitrogens is 4. The maximum absolute atomic E-state index is 12.4. The Hall–Kier alpha value is -2.06. The quantitative estimate of drug-likeness (QED) is 0.637. The van der Waals surface area contributed by atoms with Crippen molar-refractivity contribution in [1.29, 1.82) is 0 Å². The van der Waals surface area contributed by atoms with Crippen LogP contribution in [0.5, 0.6) is 5.75 Å².